The number of amides is 2. The number of likely N-dealkylation sites (N-methyl/N-ethyl adjacent to an activating group) is 1. The molecular formula is C53H61N4O6S+. The first-order valence-corrected chi connectivity index (χ1v) is 23.5. The lowest BCUT2D eigenvalue weighted by molar-refractivity contribution is -0.438. The summed E-state index contributed by atoms with van der Waals surface area (Å²) in [5.74, 6) is 0.0419. The number of rotatable bonds is 19. The Morgan fingerprint density at radius 1 is 0.719 bits per heavy atom. The number of fused-ring (bicyclic) bond motifs is 2. The molecule has 2 aliphatic heterocycles. The van der Waals surface area contributed by atoms with Crippen LogP contribution in [0.15, 0.2) is 144 Å². The number of phenols is 1. The summed E-state index contributed by atoms with van der Waals surface area (Å²) in [6, 6.07) is 28.0. The molecule has 2 heterocycles. The van der Waals surface area contributed by atoms with Crippen molar-refractivity contribution in [1.29, 1.82) is 0 Å². The lowest BCUT2D eigenvalue weighted by Gasteiger charge is -2.25. The van der Waals surface area contributed by atoms with Gasteiger partial charge in [-0.15, -0.1) is 0 Å². The number of hydrogen-bond acceptors (Lipinski definition) is 6. The maximum Gasteiger partial charge on any atom is 0.294 e. The van der Waals surface area contributed by atoms with Crippen LogP contribution < -0.4 is 15.5 Å². The minimum absolute atomic E-state index is 0.0671. The van der Waals surface area contributed by atoms with E-state index in [0.717, 1.165) is 53.0 Å². The van der Waals surface area contributed by atoms with E-state index in [9.17, 15) is 27.7 Å². The summed E-state index contributed by atoms with van der Waals surface area (Å²) in [5, 5.41) is 15.2. The van der Waals surface area contributed by atoms with Crippen molar-refractivity contribution in [3.8, 4) is 5.75 Å². The van der Waals surface area contributed by atoms with Crippen molar-refractivity contribution in [2.24, 2.45) is 0 Å². The SMILES string of the molecule is CCN1C(=CC=CC=CC=CC2=[N+](CCCCCC(=O)NCCNC(=O)Cc3ccc(/C=C/c4ccc(O)cc4)cc3)c3ccc(S(=O)(=O)O)cc3C2(C)C)C(C)(C)c2ccccc21. The first-order valence-electron chi connectivity index (χ1n) is 22.0. The molecule has 0 bridgehead atoms. The molecule has 0 aromatic heterocycles. The smallest absolute Gasteiger partial charge is 0.294 e. The first kappa shape index (κ1) is 47.2. The van der Waals surface area contributed by atoms with Gasteiger partial charge in [-0.05, 0) is 92.3 Å². The van der Waals surface area contributed by atoms with Gasteiger partial charge in [-0.1, -0.05) is 111 Å². The molecule has 2 amide bonds. The fraction of sp³-hybridized carbons (Fsp3) is 0.302. The quantitative estimate of drug-likeness (QED) is 0.0242. The minimum Gasteiger partial charge on any atom is -0.508 e. The minimum atomic E-state index is -4.38. The number of carbonyl (C=O) groups is 2. The summed E-state index contributed by atoms with van der Waals surface area (Å²) in [7, 11) is -4.38. The molecule has 4 N–H and O–H groups in total. The maximum absolute atomic E-state index is 12.6. The molecule has 334 valence electrons. The Morgan fingerprint density at radius 2 is 1.36 bits per heavy atom. The van der Waals surface area contributed by atoms with Crippen LogP contribution in [0.25, 0.3) is 12.2 Å². The van der Waals surface area contributed by atoms with Crippen LogP contribution >= 0.6 is 0 Å². The first-order chi connectivity index (χ1) is 30.6. The van der Waals surface area contributed by atoms with E-state index in [1.165, 1.54) is 23.0 Å². The van der Waals surface area contributed by atoms with E-state index in [4.69, 9.17) is 0 Å². The van der Waals surface area contributed by atoms with Gasteiger partial charge in [-0.2, -0.15) is 13.0 Å². The largest absolute Gasteiger partial charge is 0.508 e. The zero-order valence-corrected chi connectivity index (χ0v) is 38.4. The highest BCUT2D eigenvalue weighted by Crippen LogP contribution is 2.47. The molecule has 0 fully saturated rings. The van der Waals surface area contributed by atoms with Gasteiger partial charge in [0.2, 0.25) is 17.5 Å². The van der Waals surface area contributed by atoms with Crippen LogP contribution in [0, 0.1) is 0 Å². The predicted molar refractivity (Wildman–Crippen MR) is 259 cm³/mol. The number of para-hydroxylation sites is 1. The lowest BCUT2D eigenvalue weighted by atomic mass is 9.81. The van der Waals surface area contributed by atoms with Gasteiger partial charge in [0.25, 0.3) is 10.1 Å². The Morgan fingerprint density at radius 3 is 2.05 bits per heavy atom. The van der Waals surface area contributed by atoms with Gasteiger partial charge < -0.3 is 20.6 Å². The summed E-state index contributed by atoms with van der Waals surface area (Å²) in [6.45, 7) is 13.0. The number of aromatic hydroxyl groups is 1. The number of unbranched alkanes of at least 4 members (excludes halogenated alkanes) is 2. The van der Waals surface area contributed by atoms with Crippen molar-refractivity contribution in [3.05, 3.63) is 167 Å². The van der Waals surface area contributed by atoms with Crippen LogP contribution in [0.5, 0.6) is 5.75 Å². The molecule has 0 unspecified atom stereocenters. The zero-order valence-electron chi connectivity index (χ0n) is 37.6. The molecular weight excluding hydrogens is 821 g/mol. The third-order valence-corrected chi connectivity index (χ3v) is 12.8. The molecule has 4 aromatic rings. The Kier molecular flexibility index (Phi) is 15.4. The maximum atomic E-state index is 12.6. The number of anilines is 1. The molecule has 64 heavy (non-hydrogen) atoms. The molecule has 11 heteroatoms. The normalized spacial score (nSPS) is 16.2. The van der Waals surface area contributed by atoms with E-state index in [-0.39, 0.29) is 34.3 Å². The Bertz CT molecular complexity index is 2620. The number of nitrogens with one attached hydrogen (secondary N) is 2. The van der Waals surface area contributed by atoms with Crippen LogP contribution in [0.2, 0.25) is 0 Å². The Balaban J connectivity index is 0.975. The van der Waals surface area contributed by atoms with E-state index >= 15 is 0 Å². The van der Waals surface area contributed by atoms with Gasteiger partial charge in [-0.25, -0.2) is 0 Å². The van der Waals surface area contributed by atoms with E-state index in [1.807, 2.05) is 72.9 Å². The summed E-state index contributed by atoms with van der Waals surface area (Å²) in [6.07, 6.45) is 21.2. The summed E-state index contributed by atoms with van der Waals surface area (Å²) < 4.78 is 36.3. The number of nitrogens with zero attached hydrogens (tertiary/aromatic N) is 2. The van der Waals surface area contributed by atoms with Crippen molar-refractivity contribution >= 4 is 51.2 Å². The third-order valence-electron chi connectivity index (χ3n) is 12.0. The molecule has 2 aliphatic rings. The summed E-state index contributed by atoms with van der Waals surface area (Å²) >= 11 is 0. The van der Waals surface area contributed by atoms with Crippen molar-refractivity contribution in [2.75, 3.05) is 31.1 Å². The molecule has 0 spiro atoms. The Labute approximate surface area is 378 Å². The van der Waals surface area contributed by atoms with Crippen LogP contribution in [-0.4, -0.2) is 66.4 Å². The molecule has 4 aromatic carbocycles. The van der Waals surface area contributed by atoms with Crippen molar-refractivity contribution in [3.63, 3.8) is 0 Å². The monoisotopic (exact) mass is 881 g/mol. The van der Waals surface area contributed by atoms with Gasteiger partial charge in [-0.3, -0.25) is 14.1 Å². The van der Waals surface area contributed by atoms with E-state index in [1.54, 1.807) is 24.3 Å². The standard InChI is InChI=1S/C53H60N4O6S/c1-6-56-46-18-15-14-17-44(46)52(2,3)48(56)19-11-8-7-9-12-20-49-53(4,5)45-38-43(64(61,62)63)32-33-47(45)57(49)36-16-10-13-21-50(59)54-34-35-55-51(60)37-41-26-24-39(25-27-41)22-23-40-28-30-42(58)31-29-40/h7-9,11-12,14-15,17-20,22-33,38H,6,10,13,16,21,34-37H2,1-5H3,(H3-,54,55,58,59,60,61,62,63)/p+1/b23-22+. The highest BCUT2D eigenvalue weighted by Gasteiger charge is 2.45. The second kappa shape index (κ2) is 20.9. The third kappa shape index (κ3) is 11.6. The van der Waals surface area contributed by atoms with Gasteiger partial charge in [0.1, 0.15) is 12.3 Å². The van der Waals surface area contributed by atoms with Crippen molar-refractivity contribution in [2.45, 2.75) is 82.4 Å². The highest BCUT2D eigenvalue weighted by atomic mass is 32.2. The fourth-order valence-electron chi connectivity index (χ4n) is 8.52. The van der Waals surface area contributed by atoms with Gasteiger partial charge in [0, 0.05) is 67.0 Å². The second-order valence-electron chi connectivity index (χ2n) is 17.2. The summed E-state index contributed by atoms with van der Waals surface area (Å²) in [5.41, 5.74) is 8.78. The number of benzene rings is 4. The van der Waals surface area contributed by atoms with Crippen LogP contribution in [0.3, 0.4) is 0 Å². The van der Waals surface area contributed by atoms with Gasteiger partial charge >= 0.3 is 0 Å². The molecule has 0 radical (unpaired) electrons. The summed E-state index contributed by atoms with van der Waals surface area (Å²) in [4.78, 5) is 27.4. The van der Waals surface area contributed by atoms with Crippen molar-refractivity contribution < 1.29 is 32.2 Å². The lowest BCUT2D eigenvalue weighted by Crippen LogP contribution is -2.35. The van der Waals surface area contributed by atoms with Crippen LogP contribution in [-0.2, 0) is 37.0 Å². The average Bonchev–Trinajstić information content (AvgIpc) is 3.62. The molecule has 0 atom stereocenters. The molecule has 0 saturated carbocycles. The fourth-order valence-corrected chi connectivity index (χ4v) is 9.03. The van der Waals surface area contributed by atoms with Crippen LogP contribution in [0.4, 0.5) is 11.4 Å². The highest BCUT2D eigenvalue weighted by molar-refractivity contribution is 7.85. The number of carbonyl (C=O) groups excluding carboxylic acids is 2. The average molecular weight is 882 g/mol. The Hall–Kier alpha value is -6.30. The topological polar surface area (TPSA) is 139 Å². The van der Waals surface area contributed by atoms with Crippen molar-refractivity contribution in [1.82, 2.24) is 10.6 Å². The molecule has 0 aliphatic carbocycles. The second-order valence-corrected chi connectivity index (χ2v) is 18.7. The predicted octanol–water partition coefficient (Wildman–Crippen LogP) is 9.59. The molecule has 0 saturated heterocycles. The zero-order chi connectivity index (χ0) is 45.9. The number of hydrogen-bond donors (Lipinski definition) is 4. The molecule has 10 nitrogen and oxygen atoms in total. The van der Waals surface area contributed by atoms with Gasteiger partial charge in [0.05, 0.1) is 16.7 Å². The van der Waals surface area contributed by atoms with E-state index < -0.39 is 15.5 Å². The molecule has 6 rings (SSSR count). The number of allylic oxidation sites excluding steroid dienone is 8. The van der Waals surface area contributed by atoms with Gasteiger partial charge in [0.15, 0.2) is 5.71 Å². The van der Waals surface area contributed by atoms with Crippen LogP contribution in [0.1, 0.15) is 88.1 Å². The van der Waals surface area contributed by atoms with E-state index in [0.29, 0.717) is 32.5 Å². The number of phenolic OH excluding ortho intramolecular Hbond substituents is 1. The van der Waals surface area contributed by atoms with E-state index in [2.05, 4.69) is 97.2 Å².